The largest absolute Gasteiger partial charge is 0.381 e. The quantitative estimate of drug-likeness (QED) is 0.861. The van der Waals surface area contributed by atoms with E-state index >= 15 is 0 Å². The van der Waals surface area contributed by atoms with Gasteiger partial charge in [0.1, 0.15) is 0 Å². The molecule has 0 aromatic heterocycles. The van der Waals surface area contributed by atoms with Crippen LogP contribution in [0, 0.1) is 5.41 Å². The highest BCUT2D eigenvalue weighted by atomic mass is 35.5. The van der Waals surface area contributed by atoms with E-state index in [4.69, 9.17) is 10.5 Å². The zero-order chi connectivity index (χ0) is 16.4. The molecule has 3 rings (SSSR count). The lowest BCUT2D eigenvalue weighted by Crippen LogP contribution is -2.46. The number of carbonyl (C=O) groups is 2. The molecule has 0 aliphatic carbocycles. The fraction of sp³-hybridized carbons (Fsp3) is 0.529. The molecule has 0 saturated carbocycles. The maximum absolute atomic E-state index is 12.7. The van der Waals surface area contributed by atoms with Crippen LogP contribution >= 0.6 is 12.4 Å². The average molecular weight is 354 g/mol. The summed E-state index contributed by atoms with van der Waals surface area (Å²) in [6.45, 7) is 2.14. The van der Waals surface area contributed by atoms with Crippen LogP contribution in [0.15, 0.2) is 18.2 Å². The van der Waals surface area contributed by atoms with E-state index in [1.807, 2.05) is 12.1 Å². The lowest BCUT2D eigenvalue weighted by molar-refractivity contribution is -0.130. The van der Waals surface area contributed by atoms with Gasteiger partial charge in [0, 0.05) is 44.6 Å². The van der Waals surface area contributed by atoms with E-state index in [1.165, 1.54) is 0 Å². The molecule has 0 unspecified atom stereocenters. The van der Waals surface area contributed by atoms with E-state index in [2.05, 4.69) is 5.32 Å². The Hall–Kier alpha value is -1.63. The second-order valence-electron chi connectivity index (χ2n) is 6.40. The first-order chi connectivity index (χ1) is 11.1. The Labute approximate surface area is 148 Å². The number of benzene rings is 1. The predicted molar refractivity (Wildman–Crippen MR) is 94.5 cm³/mol. The van der Waals surface area contributed by atoms with Crippen LogP contribution in [0.3, 0.4) is 0 Å². The van der Waals surface area contributed by atoms with Crippen LogP contribution in [0.2, 0.25) is 0 Å². The molecule has 2 aliphatic rings. The van der Waals surface area contributed by atoms with Gasteiger partial charge in [-0.25, -0.2) is 0 Å². The van der Waals surface area contributed by atoms with Gasteiger partial charge < -0.3 is 20.7 Å². The van der Waals surface area contributed by atoms with Gasteiger partial charge in [-0.15, -0.1) is 12.4 Å². The van der Waals surface area contributed by atoms with Gasteiger partial charge in [0.25, 0.3) is 5.91 Å². The third-order valence-corrected chi connectivity index (χ3v) is 4.98. The summed E-state index contributed by atoms with van der Waals surface area (Å²) in [6.07, 6.45) is 2.10. The molecule has 2 heterocycles. The van der Waals surface area contributed by atoms with Crippen molar-refractivity contribution in [2.75, 3.05) is 38.7 Å². The van der Waals surface area contributed by atoms with Gasteiger partial charge in [-0.3, -0.25) is 9.59 Å². The molecule has 1 aromatic carbocycles. The monoisotopic (exact) mass is 353 g/mol. The van der Waals surface area contributed by atoms with E-state index in [9.17, 15) is 9.59 Å². The van der Waals surface area contributed by atoms with Crippen LogP contribution in [0.5, 0.6) is 0 Å². The number of halogens is 1. The molecule has 2 amide bonds. The Kier molecular flexibility index (Phi) is 5.85. The normalized spacial score (nSPS) is 19.2. The number of hydrogen-bond acceptors (Lipinski definition) is 4. The van der Waals surface area contributed by atoms with Gasteiger partial charge in [0.2, 0.25) is 5.91 Å². The second kappa shape index (κ2) is 7.51. The first-order valence-corrected chi connectivity index (χ1v) is 8.03. The number of anilines is 1. The minimum atomic E-state index is -0.574. The van der Waals surface area contributed by atoms with Crippen LogP contribution in [-0.4, -0.2) is 50.1 Å². The van der Waals surface area contributed by atoms with Gasteiger partial charge in [-0.1, -0.05) is 6.07 Å². The zero-order valence-corrected chi connectivity index (χ0v) is 14.7. The average Bonchev–Trinajstić information content (AvgIpc) is 2.59. The number of hydrogen-bond donors (Lipinski definition) is 2. The van der Waals surface area contributed by atoms with Crippen LogP contribution < -0.4 is 11.1 Å². The summed E-state index contributed by atoms with van der Waals surface area (Å²) in [6, 6.07) is 5.56. The van der Waals surface area contributed by atoms with E-state index in [0.717, 1.165) is 18.5 Å². The number of amides is 2. The van der Waals surface area contributed by atoms with E-state index < -0.39 is 5.41 Å². The third-order valence-electron chi connectivity index (χ3n) is 4.98. The maximum atomic E-state index is 12.7. The molecule has 132 valence electrons. The van der Waals surface area contributed by atoms with Gasteiger partial charge in [0.15, 0.2) is 0 Å². The van der Waals surface area contributed by atoms with E-state index in [1.54, 1.807) is 18.0 Å². The topological polar surface area (TPSA) is 84.7 Å². The minimum absolute atomic E-state index is 0. The Morgan fingerprint density at radius 2 is 2.08 bits per heavy atom. The van der Waals surface area contributed by atoms with Gasteiger partial charge in [0.05, 0.1) is 5.41 Å². The summed E-state index contributed by atoms with van der Waals surface area (Å²) in [5.74, 6) is -0.0817. The second-order valence-corrected chi connectivity index (χ2v) is 6.40. The van der Waals surface area contributed by atoms with Crippen molar-refractivity contribution < 1.29 is 14.3 Å². The summed E-state index contributed by atoms with van der Waals surface area (Å²) in [7, 11) is 1.79. The van der Waals surface area contributed by atoms with Crippen molar-refractivity contribution in [3.63, 3.8) is 0 Å². The van der Waals surface area contributed by atoms with Crippen LogP contribution in [0.25, 0.3) is 0 Å². The molecule has 0 bridgehead atoms. The highest BCUT2D eigenvalue weighted by Crippen LogP contribution is 2.31. The summed E-state index contributed by atoms with van der Waals surface area (Å²) in [5.41, 5.74) is 7.65. The Bertz CT molecular complexity index is 630. The van der Waals surface area contributed by atoms with Gasteiger partial charge >= 0.3 is 0 Å². The third kappa shape index (κ3) is 3.41. The van der Waals surface area contributed by atoms with Crippen molar-refractivity contribution in [1.82, 2.24) is 4.90 Å². The van der Waals surface area contributed by atoms with Crippen molar-refractivity contribution in [2.45, 2.75) is 19.3 Å². The number of nitrogens with one attached hydrogen (secondary N) is 1. The summed E-state index contributed by atoms with van der Waals surface area (Å²) >= 11 is 0. The van der Waals surface area contributed by atoms with Gasteiger partial charge in [-0.2, -0.15) is 0 Å². The van der Waals surface area contributed by atoms with Crippen molar-refractivity contribution >= 4 is 29.9 Å². The smallest absolute Gasteiger partial charge is 0.253 e. The molecule has 0 radical (unpaired) electrons. The molecule has 2 aliphatic heterocycles. The Balaban J connectivity index is 0.00000208. The summed E-state index contributed by atoms with van der Waals surface area (Å²) in [5, 5.41) is 2.94. The number of carbonyl (C=O) groups excluding carboxylic acids is 2. The summed E-state index contributed by atoms with van der Waals surface area (Å²) < 4.78 is 5.34. The molecule has 24 heavy (non-hydrogen) atoms. The number of fused-ring (bicyclic) bond motifs is 1. The number of rotatable bonds is 3. The molecule has 1 saturated heterocycles. The molecule has 0 spiro atoms. The lowest BCUT2D eigenvalue weighted by atomic mass is 9.79. The first kappa shape index (κ1) is 18.7. The maximum Gasteiger partial charge on any atom is 0.253 e. The van der Waals surface area contributed by atoms with Crippen molar-refractivity contribution in [3.05, 3.63) is 29.3 Å². The number of likely N-dealkylation sites (N-methyl/N-ethyl adjacent to an activating group) is 1. The lowest BCUT2D eigenvalue weighted by Gasteiger charge is -2.34. The van der Waals surface area contributed by atoms with Crippen molar-refractivity contribution in [3.8, 4) is 0 Å². The van der Waals surface area contributed by atoms with Crippen molar-refractivity contribution in [1.29, 1.82) is 0 Å². The zero-order valence-electron chi connectivity index (χ0n) is 13.8. The fourth-order valence-electron chi connectivity index (χ4n) is 3.22. The highest BCUT2D eigenvalue weighted by molar-refractivity contribution is 6.00. The fourth-order valence-corrected chi connectivity index (χ4v) is 3.22. The number of ether oxygens (including phenoxy) is 1. The molecule has 0 atom stereocenters. The first-order valence-electron chi connectivity index (χ1n) is 8.03. The summed E-state index contributed by atoms with van der Waals surface area (Å²) in [4.78, 5) is 26.6. The van der Waals surface area contributed by atoms with E-state index in [-0.39, 0.29) is 24.2 Å². The molecular weight excluding hydrogens is 330 g/mol. The minimum Gasteiger partial charge on any atom is -0.381 e. The predicted octanol–water partition coefficient (Wildman–Crippen LogP) is 1.43. The molecule has 3 N–H and O–H groups in total. The highest BCUT2D eigenvalue weighted by Gasteiger charge is 2.39. The van der Waals surface area contributed by atoms with E-state index in [0.29, 0.717) is 43.9 Å². The number of nitrogens with zero attached hydrogens (tertiary/aromatic N) is 1. The Morgan fingerprint density at radius 1 is 1.38 bits per heavy atom. The van der Waals surface area contributed by atoms with Crippen LogP contribution in [0.4, 0.5) is 5.69 Å². The molecule has 6 nitrogen and oxygen atoms in total. The molecule has 7 heteroatoms. The molecule has 1 aromatic rings. The number of nitrogens with two attached hydrogens (primary N) is 1. The van der Waals surface area contributed by atoms with Crippen LogP contribution in [0.1, 0.15) is 28.8 Å². The standard InChI is InChI=1S/C17H23N3O3.ClH/c1-20-7-4-12-2-3-13(10-14(12)15(20)21)19-16(22)17(11-18)5-8-23-9-6-17;/h2-3,10H,4-9,11,18H2,1H3,(H,19,22);1H. The van der Waals surface area contributed by atoms with Crippen LogP contribution in [-0.2, 0) is 16.0 Å². The Morgan fingerprint density at radius 3 is 2.75 bits per heavy atom. The van der Waals surface area contributed by atoms with Crippen molar-refractivity contribution in [2.24, 2.45) is 11.1 Å². The molecule has 1 fully saturated rings. The SMILES string of the molecule is CN1CCc2ccc(NC(=O)C3(CN)CCOCC3)cc2C1=O.Cl. The molecular formula is C17H24ClN3O3. The van der Waals surface area contributed by atoms with Gasteiger partial charge in [-0.05, 0) is 37.0 Å².